The Morgan fingerprint density at radius 3 is 2.67 bits per heavy atom. The van der Waals surface area contributed by atoms with E-state index in [2.05, 4.69) is 11.8 Å². The van der Waals surface area contributed by atoms with Crippen LogP contribution in [0.15, 0.2) is 0 Å². The first-order valence-corrected chi connectivity index (χ1v) is 7.60. The monoisotopic (exact) mass is 251 g/mol. The lowest BCUT2D eigenvalue weighted by molar-refractivity contribution is -0.145. The molecule has 2 aliphatic carbocycles. The molecule has 0 aromatic rings. The molecule has 0 spiro atoms. The van der Waals surface area contributed by atoms with Gasteiger partial charge in [0, 0.05) is 6.54 Å². The van der Waals surface area contributed by atoms with Gasteiger partial charge in [-0.1, -0.05) is 13.3 Å². The zero-order chi connectivity index (χ0) is 12.7. The molecule has 1 heterocycles. The number of hydrogen-bond donors (Lipinski definition) is 1. The Morgan fingerprint density at radius 2 is 2.06 bits per heavy atom. The van der Waals surface area contributed by atoms with E-state index in [-0.39, 0.29) is 6.04 Å². The lowest BCUT2D eigenvalue weighted by Gasteiger charge is -2.38. The molecule has 5 unspecified atom stereocenters. The van der Waals surface area contributed by atoms with Crippen molar-refractivity contribution < 1.29 is 9.90 Å². The maximum absolute atomic E-state index is 11.4. The van der Waals surface area contributed by atoms with E-state index in [0.29, 0.717) is 5.92 Å². The van der Waals surface area contributed by atoms with Crippen molar-refractivity contribution in [2.45, 2.75) is 51.5 Å². The number of nitrogens with zero attached hydrogens (tertiary/aromatic N) is 1. The molecule has 18 heavy (non-hydrogen) atoms. The van der Waals surface area contributed by atoms with Gasteiger partial charge in [0.1, 0.15) is 6.04 Å². The number of likely N-dealkylation sites (tertiary alicyclic amines) is 1. The number of piperidine rings is 1. The summed E-state index contributed by atoms with van der Waals surface area (Å²) in [5.74, 6) is 2.63. The highest BCUT2D eigenvalue weighted by Crippen LogP contribution is 2.48. The fourth-order valence-electron chi connectivity index (χ4n) is 4.57. The van der Waals surface area contributed by atoms with Gasteiger partial charge >= 0.3 is 5.97 Å². The molecule has 5 atom stereocenters. The number of fused-ring (bicyclic) bond motifs is 2. The molecule has 0 aromatic carbocycles. The highest BCUT2D eigenvalue weighted by Gasteiger charge is 2.42. The molecule has 1 N–H and O–H groups in total. The molecule has 1 saturated heterocycles. The van der Waals surface area contributed by atoms with E-state index in [0.717, 1.165) is 37.3 Å². The molecule has 3 nitrogen and oxygen atoms in total. The molecule has 0 amide bonds. The molecule has 3 aliphatic rings. The first kappa shape index (κ1) is 12.5. The average Bonchev–Trinajstić information content (AvgIpc) is 2.93. The molecule has 2 bridgehead atoms. The van der Waals surface area contributed by atoms with Crippen molar-refractivity contribution >= 4 is 5.97 Å². The lowest BCUT2D eigenvalue weighted by atomic mass is 9.86. The van der Waals surface area contributed by atoms with Gasteiger partial charge in [-0.3, -0.25) is 9.69 Å². The van der Waals surface area contributed by atoms with Gasteiger partial charge < -0.3 is 5.11 Å². The highest BCUT2D eigenvalue weighted by atomic mass is 16.4. The van der Waals surface area contributed by atoms with Crippen LogP contribution in [0.4, 0.5) is 0 Å². The van der Waals surface area contributed by atoms with Crippen molar-refractivity contribution in [1.29, 1.82) is 0 Å². The zero-order valence-corrected chi connectivity index (χ0v) is 11.3. The minimum Gasteiger partial charge on any atom is -0.480 e. The second-order valence-electron chi connectivity index (χ2n) is 6.91. The predicted molar refractivity (Wildman–Crippen MR) is 70.3 cm³/mol. The summed E-state index contributed by atoms with van der Waals surface area (Å²) in [5, 5.41) is 9.39. The Labute approximate surface area is 110 Å². The molecule has 3 rings (SSSR count). The van der Waals surface area contributed by atoms with Gasteiger partial charge in [-0.25, -0.2) is 0 Å². The Morgan fingerprint density at radius 1 is 1.22 bits per heavy atom. The highest BCUT2D eigenvalue weighted by molar-refractivity contribution is 5.73. The number of aliphatic carboxylic acids is 1. The SMILES string of the molecule is CC1CCN(CC2CC3CCC2C3)C(C(=O)O)C1. The van der Waals surface area contributed by atoms with Crippen LogP contribution in [-0.2, 0) is 4.79 Å². The van der Waals surface area contributed by atoms with Crippen molar-refractivity contribution in [2.75, 3.05) is 13.1 Å². The second kappa shape index (κ2) is 4.84. The first-order chi connectivity index (χ1) is 8.63. The standard InChI is InChI=1S/C15H25NO2/c1-10-4-5-16(14(6-10)15(17)18)9-13-8-11-2-3-12(13)7-11/h10-14H,2-9H2,1H3,(H,17,18). The van der Waals surface area contributed by atoms with E-state index in [1.165, 1.54) is 32.1 Å². The van der Waals surface area contributed by atoms with Crippen LogP contribution in [0.3, 0.4) is 0 Å². The van der Waals surface area contributed by atoms with Crippen molar-refractivity contribution in [3.63, 3.8) is 0 Å². The molecule has 1 aliphatic heterocycles. The quantitative estimate of drug-likeness (QED) is 0.838. The molecule has 102 valence electrons. The molecular formula is C15H25NO2. The van der Waals surface area contributed by atoms with Crippen molar-refractivity contribution in [3.05, 3.63) is 0 Å². The summed E-state index contributed by atoms with van der Waals surface area (Å²) in [4.78, 5) is 13.7. The van der Waals surface area contributed by atoms with Crippen molar-refractivity contribution in [1.82, 2.24) is 4.90 Å². The molecular weight excluding hydrogens is 226 g/mol. The fourth-order valence-corrected chi connectivity index (χ4v) is 4.57. The van der Waals surface area contributed by atoms with Gasteiger partial charge in [0.25, 0.3) is 0 Å². The Hall–Kier alpha value is -0.570. The van der Waals surface area contributed by atoms with Crippen LogP contribution >= 0.6 is 0 Å². The van der Waals surface area contributed by atoms with Gasteiger partial charge in [0.05, 0.1) is 0 Å². The molecule has 0 radical (unpaired) electrons. The first-order valence-electron chi connectivity index (χ1n) is 7.60. The Balaban J connectivity index is 1.62. The van der Waals surface area contributed by atoms with Crippen LogP contribution in [0.1, 0.15) is 45.4 Å². The summed E-state index contributed by atoms with van der Waals surface area (Å²) in [6, 6.07) is -0.215. The molecule has 0 aromatic heterocycles. The van der Waals surface area contributed by atoms with Crippen LogP contribution in [0.2, 0.25) is 0 Å². The molecule has 2 saturated carbocycles. The minimum absolute atomic E-state index is 0.215. The van der Waals surface area contributed by atoms with Gasteiger partial charge in [0.2, 0.25) is 0 Å². The minimum atomic E-state index is -0.607. The van der Waals surface area contributed by atoms with E-state index < -0.39 is 5.97 Å². The third-order valence-electron chi connectivity index (χ3n) is 5.61. The van der Waals surface area contributed by atoms with E-state index in [4.69, 9.17) is 0 Å². The average molecular weight is 251 g/mol. The third kappa shape index (κ3) is 2.29. The van der Waals surface area contributed by atoms with Crippen LogP contribution < -0.4 is 0 Å². The topological polar surface area (TPSA) is 40.5 Å². The summed E-state index contributed by atoms with van der Waals surface area (Å²) in [7, 11) is 0. The third-order valence-corrected chi connectivity index (χ3v) is 5.61. The smallest absolute Gasteiger partial charge is 0.320 e. The molecule has 3 fully saturated rings. The second-order valence-corrected chi connectivity index (χ2v) is 6.91. The van der Waals surface area contributed by atoms with E-state index >= 15 is 0 Å². The number of rotatable bonds is 3. The van der Waals surface area contributed by atoms with Gasteiger partial charge in [-0.05, 0) is 62.3 Å². The lowest BCUT2D eigenvalue weighted by Crippen LogP contribution is -2.49. The largest absolute Gasteiger partial charge is 0.480 e. The number of carbonyl (C=O) groups is 1. The fraction of sp³-hybridized carbons (Fsp3) is 0.933. The maximum Gasteiger partial charge on any atom is 0.320 e. The Kier molecular flexibility index (Phi) is 3.35. The summed E-state index contributed by atoms with van der Waals surface area (Å²) in [5.41, 5.74) is 0. The number of hydrogen-bond acceptors (Lipinski definition) is 2. The normalized spacial score (nSPS) is 44.4. The number of carboxylic acid groups (broad SMARTS) is 1. The van der Waals surface area contributed by atoms with Crippen LogP contribution in [-0.4, -0.2) is 35.1 Å². The maximum atomic E-state index is 11.4. The van der Waals surface area contributed by atoms with E-state index in [1.807, 2.05) is 0 Å². The van der Waals surface area contributed by atoms with Crippen LogP contribution in [0.25, 0.3) is 0 Å². The predicted octanol–water partition coefficient (Wildman–Crippen LogP) is 2.61. The van der Waals surface area contributed by atoms with Crippen molar-refractivity contribution in [2.24, 2.45) is 23.7 Å². The summed E-state index contributed by atoms with van der Waals surface area (Å²) in [6.07, 6.45) is 7.63. The van der Waals surface area contributed by atoms with Crippen LogP contribution in [0, 0.1) is 23.7 Å². The van der Waals surface area contributed by atoms with Crippen LogP contribution in [0.5, 0.6) is 0 Å². The summed E-state index contributed by atoms with van der Waals surface area (Å²) in [6.45, 7) is 4.22. The zero-order valence-electron chi connectivity index (χ0n) is 11.3. The summed E-state index contributed by atoms with van der Waals surface area (Å²) >= 11 is 0. The van der Waals surface area contributed by atoms with Gasteiger partial charge in [-0.15, -0.1) is 0 Å². The van der Waals surface area contributed by atoms with Crippen molar-refractivity contribution in [3.8, 4) is 0 Å². The van der Waals surface area contributed by atoms with Gasteiger partial charge in [0.15, 0.2) is 0 Å². The van der Waals surface area contributed by atoms with E-state index in [1.54, 1.807) is 0 Å². The Bertz CT molecular complexity index is 330. The number of carboxylic acids is 1. The molecule has 3 heteroatoms. The van der Waals surface area contributed by atoms with E-state index in [9.17, 15) is 9.90 Å². The van der Waals surface area contributed by atoms with Gasteiger partial charge in [-0.2, -0.15) is 0 Å². The summed E-state index contributed by atoms with van der Waals surface area (Å²) < 4.78 is 0.